The monoisotopic (exact) mass is 542 g/mol. The second-order valence-electron chi connectivity index (χ2n) is 7.63. The Balaban J connectivity index is 1.77. The number of benzene rings is 3. The van der Waals surface area contributed by atoms with Gasteiger partial charge in [-0.15, -0.1) is 0 Å². The maximum absolute atomic E-state index is 13.7. The predicted octanol–water partition coefficient (Wildman–Crippen LogP) is 4.70. The van der Waals surface area contributed by atoms with E-state index in [1.807, 2.05) is 6.07 Å². The van der Waals surface area contributed by atoms with Crippen LogP contribution in [0.15, 0.2) is 87.0 Å². The Morgan fingerprint density at radius 3 is 2.24 bits per heavy atom. The first-order valence-corrected chi connectivity index (χ1v) is 12.6. The first kappa shape index (κ1) is 24.0. The van der Waals surface area contributed by atoms with Crippen molar-refractivity contribution < 1.29 is 17.9 Å². The van der Waals surface area contributed by atoms with E-state index in [2.05, 4.69) is 20.9 Å². The van der Waals surface area contributed by atoms with Crippen molar-refractivity contribution >= 4 is 36.9 Å². The highest BCUT2D eigenvalue weighted by molar-refractivity contribution is 9.10. The van der Waals surface area contributed by atoms with Gasteiger partial charge in [-0.05, 0) is 69.3 Å². The molecule has 0 atom stereocenters. The number of rotatable bonds is 8. The normalized spacial score (nSPS) is 11.6. The van der Waals surface area contributed by atoms with Gasteiger partial charge in [0.1, 0.15) is 11.5 Å². The number of aromatic amines is 1. The molecule has 0 saturated heterocycles. The van der Waals surface area contributed by atoms with Gasteiger partial charge in [0, 0.05) is 29.2 Å². The van der Waals surface area contributed by atoms with Gasteiger partial charge in [0.25, 0.3) is 5.56 Å². The summed E-state index contributed by atoms with van der Waals surface area (Å²) in [6.45, 7) is -0.0270. The highest BCUT2D eigenvalue weighted by atomic mass is 79.9. The van der Waals surface area contributed by atoms with E-state index in [9.17, 15) is 13.2 Å². The molecule has 0 amide bonds. The lowest BCUT2D eigenvalue weighted by molar-refractivity contribution is 0.398. The van der Waals surface area contributed by atoms with E-state index in [1.54, 1.807) is 74.9 Å². The molecule has 0 aliphatic rings. The molecule has 7 nitrogen and oxygen atoms in total. The molecule has 3 aromatic carbocycles. The van der Waals surface area contributed by atoms with Crippen molar-refractivity contribution in [1.29, 1.82) is 0 Å². The molecule has 0 aliphatic carbocycles. The third-order valence-electron chi connectivity index (χ3n) is 5.45. The molecular weight excluding hydrogens is 520 g/mol. The Bertz CT molecular complexity index is 1480. The highest BCUT2D eigenvalue weighted by Gasteiger charge is 2.28. The molecule has 0 unspecified atom stereocenters. The fourth-order valence-corrected chi connectivity index (χ4v) is 5.98. The van der Waals surface area contributed by atoms with Crippen molar-refractivity contribution in [1.82, 2.24) is 9.29 Å². The zero-order valence-corrected chi connectivity index (χ0v) is 21.0. The summed E-state index contributed by atoms with van der Waals surface area (Å²) in [6, 6.07) is 20.8. The molecule has 0 aliphatic heterocycles. The smallest absolute Gasteiger partial charge is 0.252 e. The summed E-state index contributed by atoms with van der Waals surface area (Å²) >= 11 is 3.35. The summed E-state index contributed by atoms with van der Waals surface area (Å²) in [7, 11) is -0.820. The second-order valence-corrected chi connectivity index (χ2v) is 10.4. The summed E-state index contributed by atoms with van der Waals surface area (Å²) in [5, 5.41) is 0.776. The number of nitrogens with one attached hydrogen (secondary N) is 1. The molecule has 34 heavy (non-hydrogen) atoms. The summed E-state index contributed by atoms with van der Waals surface area (Å²) in [6.07, 6.45) is 0. The molecule has 0 bridgehead atoms. The summed E-state index contributed by atoms with van der Waals surface area (Å²) in [5.74, 6) is 1.29. The van der Waals surface area contributed by atoms with Crippen LogP contribution in [0.4, 0.5) is 0 Å². The maximum atomic E-state index is 13.7. The molecule has 1 N–H and O–H groups in total. The van der Waals surface area contributed by atoms with Gasteiger partial charge < -0.3 is 14.5 Å². The van der Waals surface area contributed by atoms with Crippen LogP contribution in [-0.2, 0) is 23.1 Å². The van der Waals surface area contributed by atoms with Crippen LogP contribution in [0, 0.1) is 0 Å². The van der Waals surface area contributed by atoms with Crippen LogP contribution < -0.4 is 15.0 Å². The Labute approximate surface area is 206 Å². The number of methoxy groups -OCH3 is 2. The van der Waals surface area contributed by atoms with Crippen molar-refractivity contribution in [2.24, 2.45) is 0 Å². The van der Waals surface area contributed by atoms with Crippen LogP contribution >= 0.6 is 15.9 Å². The van der Waals surface area contributed by atoms with E-state index in [0.29, 0.717) is 27.1 Å². The SMILES string of the molecule is COc1ccc(CN(Cc2cc3ccc(OC)cc3[nH]c2=O)S(=O)(=O)c2ccccc2Br)cc1. The van der Waals surface area contributed by atoms with Gasteiger partial charge in [0.2, 0.25) is 10.0 Å². The summed E-state index contributed by atoms with van der Waals surface area (Å²) in [4.78, 5) is 15.9. The minimum Gasteiger partial charge on any atom is -0.497 e. The van der Waals surface area contributed by atoms with Gasteiger partial charge >= 0.3 is 0 Å². The lowest BCUT2D eigenvalue weighted by atomic mass is 10.1. The van der Waals surface area contributed by atoms with Gasteiger partial charge in [-0.25, -0.2) is 8.42 Å². The lowest BCUT2D eigenvalue weighted by Gasteiger charge is -2.23. The van der Waals surface area contributed by atoms with Crippen molar-refractivity contribution in [3.8, 4) is 11.5 Å². The molecule has 176 valence electrons. The van der Waals surface area contributed by atoms with Gasteiger partial charge in [0.05, 0.1) is 24.6 Å². The van der Waals surface area contributed by atoms with Crippen molar-refractivity contribution in [3.63, 3.8) is 0 Å². The molecule has 4 aromatic rings. The minimum atomic E-state index is -3.94. The average molecular weight is 543 g/mol. The number of sulfonamides is 1. The number of H-pyrrole nitrogens is 1. The predicted molar refractivity (Wildman–Crippen MR) is 135 cm³/mol. The molecular formula is C25H23BrN2O5S. The van der Waals surface area contributed by atoms with Crippen molar-refractivity contribution in [2.75, 3.05) is 14.2 Å². The number of halogens is 1. The topological polar surface area (TPSA) is 88.7 Å². The Morgan fingerprint density at radius 2 is 1.56 bits per heavy atom. The fraction of sp³-hybridized carbons (Fsp3) is 0.160. The van der Waals surface area contributed by atoms with E-state index >= 15 is 0 Å². The zero-order valence-electron chi connectivity index (χ0n) is 18.6. The van der Waals surface area contributed by atoms with Crippen molar-refractivity contribution in [2.45, 2.75) is 18.0 Å². The van der Waals surface area contributed by atoms with E-state index in [4.69, 9.17) is 9.47 Å². The Hall–Kier alpha value is -3.14. The largest absolute Gasteiger partial charge is 0.497 e. The Morgan fingerprint density at radius 1 is 0.882 bits per heavy atom. The highest BCUT2D eigenvalue weighted by Crippen LogP contribution is 2.28. The first-order chi connectivity index (χ1) is 16.3. The Kier molecular flexibility index (Phi) is 7.06. The maximum Gasteiger partial charge on any atom is 0.252 e. The van der Waals surface area contributed by atoms with Gasteiger partial charge in [0.15, 0.2) is 0 Å². The minimum absolute atomic E-state index is 0.0771. The lowest BCUT2D eigenvalue weighted by Crippen LogP contribution is -2.32. The standard InChI is InChI=1S/C25H23BrN2O5S/c1-32-20-10-7-17(8-11-20)15-28(34(30,31)24-6-4-3-5-22(24)26)16-19-13-18-9-12-21(33-2)14-23(18)27-25(19)29/h3-14H,15-16H2,1-2H3,(H,27,29). The number of ether oxygens (including phenoxy) is 2. The molecule has 0 spiro atoms. The molecule has 4 rings (SSSR count). The third kappa shape index (κ3) is 5.01. The second kappa shape index (κ2) is 10.0. The quantitative estimate of drug-likeness (QED) is 0.348. The number of pyridine rings is 1. The third-order valence-corrected chi connectivity index (χ3v) is 8.25. The van der Waals surface area contributed by atoms with Gasteiger partial charge in [-0.2, -0.15) is 4.31 Å². The zero-order chi connectivity index (χ0) is 24.3. The summed E-state index contributed by atoms with van der Waals surface area (Å²) in [5.41, 5.74) is 1.35. The van der Waals surface area contributed by atoms with Gasteiger partial charge in [-0.3, -0.25) is 4.79 Å². The van der Waals surface area contributed by atoms with E-state index < -0.39 is 10.0 Å². The van der Waals surface area contributed by atoms with E-state index in [-0.39, 0.29) is 23.5 Å². The molecule has 0 radical (unpaired) electrons. The van der Waals surface area contributed by atoms with Crippen LogP contribution in [0.25, 0.3) is 10.9 Å². The molecule has 9 heteroatoms. The van der Waals surface area contributed by atoms with Gasteiger partial charge in [-0.1, -0.05) is 24.3 Å². The summed E-state index contributed by atoms with van der Waals surface area (Å²) < 4.78 is 39.5. The van der Waals surface area contributed by atoms with Crippen LogP contribution in [0.2, 0.25) is 0 Å². The molecule has 1 aromatic heterocycles. The van der Waals surface area contributed by atoms with Crippen LogP contribution in [-0.4, -0.2) is 31.9 Å². The average Bonchev–Trinajstić information content (AvgIpc) is 2.84. The molecule has 0 saturated carbocycles. The van der Waals surface area contributed by atoms with Crippen LogP contribution in [0.5, 0.6) is 11.5 Å². The molecule has 1 heterocycles. The van der Waals surface area contributed by atoms with E-state index in [0.717, 1.165) is 10.9 Å². The molecule has 0 fully saturated rings. The van der Waals surface area contributed by atoms with Crippen molar-refractivity contribution in [3.05, 3.63) is 98.7 Å². The van der Waals surface area contributed by atoms with E-state index in [1.165, 1.54) is 10.4 Å². The fourth-order valence-electron chi connectivity index (χ4n) is 3.61. The number of aromatic nitrogens is 1. The van der Waals surface area contributed by atoms with Crippen LogP contribution in [0.1, 0.15) is 11.1 Å². The van der Waals surface area contributed by atoms with Crippen LogP contribution in [0.3, 0.4) is 0 Å². The number of fused-ring (bicyclic) bond motifs is 1. The number of hydrogen-bond acceptors (Lipinski definition) is 5. The first-order valence-electron chi connectivity index (χ1n) is 10.4. The number of hydrogen-bond donors (Lipinski definition) is 1. The number of nitrogens with zero attached hydrogens (tertiary/aromatic N) is 1.